The quantitative estimate of drug-likeness (QED) is 0.402. The van der Waals surface area contributed by atoms with Crippen molar-refractivity contribution in [1.82, 2.24) is 34.7 Å². The molecule has 3 N–H and O–H groups in total. The van der Waals surface area contributed by atoms with Crippen molar-refractivity contribution in [3.63, 3.8) is 0 Å². The summed E-state index contributed by atoms with van der Waals surface area (Å²) in [6.45, 7) is 7.01. The molecule has 0 radical (unpaired) electrons. The molecule has 188 valence electrons. The summed E-state index contributed by atoms with van der Waals surface area (Å²) in [6, 6.07) is 15.2. The average molecular weight is 489 g/mol. The molecule has 1 aliphatic rings. The van der Waals surface area contributed by atoms with E-state index in [2.05, 4.69) is 22.2 Å². The summed E-state index contributed by atoms with van der Waals surface area (Å²) in [6.07, 6.45) is 0. The van der Waals surface area contributed by atoms with Gasteiger partial charge in [-0.3, -0.25) is 9.69 Å². The molecular formula is C26H32N8O2. The van der Waals surface area contributed by atoms with Crippen LogP contribution >= 0.6 is 0 Å². The number of hydrogen-bond donors (Lipinski definition) is 2. The van der Waals surface area contributed by atoms with Crippen LogP contribution in [0.1, 0.15) is 12.7 Å². The highest BCUT2D eigenvalue weighted by Crippen LogP contribution is 2.27. The van der Waals surface area contributed by atoms with E-state index in [9.17, 15) is 4.79 Å². The van der Waals surface area contributed by atoms with E-state index in [1.807, 2.05) is 48.5 Å². The van der Waals surface area contributed by atoms with Gasteiger partial charge in [-0.25, -0.2) is 9.97 Å². The van der Waals surface area contributed by atoms with Gasteiger partial charge in [0.25, 0.3) is 0 Å². The van der Waals surface area contributed by atoms with Crippen LogP contribution in [0.3, 0.4) is 0 Å². The Bertz CT molecular complexity index is 1370. The minimum Gasteiger partial charge on any atom is -0.497 e. The number of rotatable bonds is 7. The van der Waals surface area contributed by atoms with Gasteiger partial charge in [-0.05, 0) is 50.4 Å². The Labute approximate surface area is 210 Å². The summed E-state index contributed by atoms with van der Waals surface area (Å²) in [4.78, 5) is 27.5. The number of nitrogens with one attached hydrogen (secondary N) is 1. The number of benzene rings is 2. The summed E-state index contributed by atoms with van der Waals surface area (Å²) in [7, 11) is 3.75. The molecule has 36 heavy (non-hydrogen) atoms. The molecule has 0 spiro atoms. The van der Waals surface area contributed by atoms with Crippen LogP contribution in [0.15, 0.2) is 48.5 Å². The first-order chi connectivity index (χ1) is 17.4. The van der Waals surface area contributed by atoms with Gasteiger partial charge in [0, 0.05) is 50.2 Å². The maximum absolute atomic E-state index is 13.3. The molecule has 2 aromatic carbocycles. The molecule has 10 heteroatoms. The molecular weight excluding hydrogens is 456 g/mol. The molecule has 5 rings (SSSR count). The van der Waals surface area contributed by atoms with Gasteiger partial charge in [0.2, 0.25) is 5.91 Å². The van der Waals surface area contributed by atoms with E-state index in [4.69, 9.17) is 25.5 Å². The predicted octanol–water partition coefficient (Wildman–Crippen LogP) is 1.49. The van der Waals surface area contributed by atoms with Gasteiger partial charge < -0.3 is 20.7 Å². The zero-order valence-corrected chi connectivity index (χ0v) is 20.9. The Hall–Kier alpha value is -3.60. The van der Waals surface area contributed by atoms with Crippen LogP contribution in [0.5, 0.6) is 5.75 Å². The molecule has 0 saturated carbocycles. The molecule has 1 aliphatic heterocycles. The number of fused-ring (bicyclic) bond motifs is 3. The fraction of sp³-hybridized carbons (Fsp3) is 0.385. The number of carbonyl (C=O) groups is 1. The Balaban J connectivity index is 1.46. The van der Waals surface area contributed by atoms with Crippen molar-refractivity contribution in [2.75, 3.05) is 53.4 Å². The summed E-state index contributed by atoms with van der Waals surface area (Å²) >= 11 is 0. The number of aromatic nitrogens is 4. The molecule has 1 saturated heterocycles. The van der Waals surface area contributed by atoms with Gasteiger partial charge in [-0.15, -0.1) is 5.10 Å². The van der Waals surface area contributed by atoms with Crippen molar-refractivity contribution in [2.45, 2.75) is 12.5 Å². The normalized spacial score (nSPS) is 16.8. The Morgan fingerprint density at radius 1 is 1.08 bits per heavy atom. The summed E-state index contributed by atoms with van der Waals surface area (Å²) < 4.78 is 6.86. The predicted molar refractivity (Wildman–Crippen MR) is 139 cm³/mol. The first kappa shape index (κ1) is 24.1. The second-order valence-corrected chi connectivity index (χ2v) is 9.46. The number of ether oxygens (including phenoxy) is 1. The van der Waals surface area contributed by atoms with E-state index in [0.29, 0.717) is 29.4 Å². The fourth-order valence-corrected chi connectivity index (χ4v) is 4.44. The van der Waals surface area contributed by atoms with Crippen molar-refractivity contribution in [2.24, 2.45) is 5.73 Å². The lowest BCUT2D eigenvalue weighted by atomic mass is 10.0. The van der Waals surface area contributed by atoms with Crippen molar-refractivity contribution < 1.29 is 9.53 Å². The van der Waals surface area contributed by atoms with Crippen LogP contribution in [0.2, 0.25) is 0 Å². The van der Waals surface area contributed by atoms with Crippen LogP contribution < -0.4 is 15.8 Å². The topological polar surface area (TPSA) is 114 Å². The number of carbonyl (C=O) groups excluding carboxylic acids is 1. The lowest BCUT2D eigenvalue weighted by Crippen LogP contribution is -2.53. The number of hydrogen-bond acceptors (Lipinski definition) is 8. The standard InChI is InChI=1S/C26H32N8O2/c1-26(27,25(35)28-12-13-33-16-14-32(2)15-17-33)24-29-21-7-5-4-6-20(21)23-30-22(31-34(23)24)18-8-10-19(36-3)11-9-18/h4-11H,12-17,27H2,1-3H3,(H,28,35)/t26-/m0/s1. The van der Waals surface area contributed by atoms with Gasteiger partial charge in [0.05, 0.1) is 12.6 Å². The van der Waals surface area contributed by atoms with Crippen LogP contribution in [-0.4, -0.2) is 88.7 Å². The van der Waals surface area contributed by atoms with Crippen LogP contribution in [0.4, 0.5) is 0 Å². The third-order valence-electron chi connectivity index (χ3n) is 6.77. The molecule has 2 aromatic heterocycles. The highest BCUT2D eigenvalue weighted by atomic mass is 16.5. The van der Waals surface area contributed by atoms with E-state index in [1.54, 1.807) is 18.5 Å². The zero-order chi connectivity index (χ0) is 25.3. The SMILES string of the molecule is COc1ccc(-c2nc3c4ccccc4nc([C@](C)(N)C(=O)NCCN4CCN(C)CC4)n3n2)cc1. The maximum Gasteiger partial charge on any atom is 0.247 e. The lowest BCUT2D eigenvalue weighted by Gasteiger charge is -2.32. The summed E-state index contributed by atoms with van der Waals surface area (Å²) in [5.41, 5.74) is 7.37. The van der Waals surface area contributed by atoms with Crippen LogP contribution in [-0.2, 0) is 10.3 Å². The zero-order valence-electron chi connectivity index (χ0n) is 20.9. The Morgan fingerprint density at radius 2 is 1.81 bits per heavy atom. The van der Waals surface area contributed by atoms with Crippen molar-refractivity contribution in [3.05, 3.63) is 54.4 Å². The first-order valence-corrected chi connectivity index (χ1v) is 12.2. The monoisotopic (exact) mass is 488 g/mol. The molecule has 0 bridgehead atoms. The highest BCUT2D eigenvalue weighted by molar-refractivity contribution is 5.93. The van der Waals surface area contributed by atoms with Gasteiger partial charge in [0.15, 0.2) is 22.8 Å². The number of piperazine rings is 1. The third-order valence-corrected chi connectivity index (χ3v) is 6.77. The second-order valence-electron chi connectivity index (χ2n) is 9.46. The fourth-order valence-electron chi connectivity index (χ4n) is 4.44. The smallest absolute Gasteiger partial charge is 0.247 e. The minimum absolute atomic E-state index is 0.304. The molecule has 10 nitrogen and oxygen atoms in total. The molecule has 0 aliphatic carbocycles. The van der Waals surface area contributed by atoms with Crippen molar-refractivity contribution in [1.29, 1.82) is 0 Å². The number of amides is 1. The second kappa shape index (κ2) is 9.81. The first-order valence-electron chi connectivity index (χ1n) is 12.2. The average Bonchev–Trinajstić information content (AvgIpc) is 3.35. The van der Waals surface area contributed by atoms with E-state index in [0.717, 1.165) is 49.4 Å². The molecule has 1 fully saturated rings. The van der Waals surface area contributed by atoms with E-state index >= 15 is 0 Å². The van der Waals surface area contributed by atoms with E-state index in [1.165, 1.54) is 0 Å². The van der Waals surface area contributed by atoms with Crippen molar-refractivity contribution in [3.8, 4) is 17.1 Å². The summed E-state index contributed by atoms with van der Waals surface area (Å²) in [5.74, 6) is 1.30. The van der Waals surface area contributed by atoms with E-state index < -0.39 is 5.54 Å². The maximum atomic E-state index is 13.3. The third kappa shape index (κ3) is 4.62. The van der Waals surface area contributed by atoms with Gasteiger partial charge in [0.1, 0.15) is 5.75 Å². The highest BCUT2D eigenvalue weighted by Gasteiger charge is 2.36. The number of para-hydroxylation sites is 1. The number of nitrogens with zero attached hydrogens (tertiary/aromatic N) is 6. The largest absolute Gasteiger partial charge is 0.497 e. The van der Waals surface area contributed by atoms with E-state index in [-0.39, 0.29) is 5.91 Å². The van der Waals surface area contributed by atoms with Gasteiger partial charge in [-0.2, -0.15) is 4.52 Å². The van der Waals surface area contributed by atoms with Crippen LogP contribution in [0.25, 0.3) is 27.9 Å². The molecule has 0 unspecified atom stereocenters. The van der Waals surface area contributed by atoms with Crippen molar-refractivity contribution >= 4 is 22.5 Å². The molecule has 1 atom stereocenters. The number of likely N-dealkylation sites (N-methyl/N-ethyl adjacent to an activating group) is 1. The molecule has 1 amide bonds. The Kier molecular flexibility index (Phi) is 6.57. The molecule has 4 aromatic rings. The Morgan fingerprint density at radius 3 is 2.53 bits per heavy atom. The van der Waals surface area contributed by atoms with Crippen LogP contribution in [0, 0.1) is 0 Å². The summed E-state index contributed by atoms with van der Waals surface area (Å²) in [5, 5.41) is 8.57. The lowest BCUT2D eigenvalue weighted by molar-refractivity contribution is -0.126. The molecule has 3 heterocycles. The number of nitrogens with two attached hydrogens (primary N) is 1. The van der Waals surface area contributed by atoms with Gasteiger partial charge >= 0.3 is 0 Å². The minimum atomic E-state index is -1.42. The number of methoxy groups -OCH3 is 1. The van der Waals surface area contributed by atoms with Gasteiger partial charge in [-0.1, -0.05) is 12.1 Å².